The quantitative estimate of drug-likeness (QED) is 0.838. The maximum Gasteiger partial charge on any atom is 0.336 e. The van der Waals surface area contributed by atoms with Crippen molar-refractivity contribution in [1.29, 1.82) is 0 Å². The van der Waals surface area contributed by atoms with E-state index in [1.165, 1.54) is 17.8 Å². The predicted molar refractivity (Wildman–Crippen MR) is 71.0 cm³/mol. The molecule has 2 aromatic rings. The zero-order valence-corrected chi connectivity index (χ0v) is 10.6. The van der Waals surface area contributed by atoms with Crippen molar-refractivity contribution in [2.75, 3.05) is 0 Å². The molecule has 0 bridgehead atoms. The summed E-state index contributed by atoms with van der Waals surface area (Å²) < 4.78 is 0. The SMILES string of the molecule is O=Cc1cc(Sc2ccccc2)c(O)cc1C(=O)O. The van der Waals surface area contributed by atoms with Gasteiger partial charge in [-0.3, -0.25) is 4.79 Å². The Kier molecular flexibility index (Phi) is 3.87. The summed E-state index contributed by atoms with van der Waals surface area (Å²) in [4.78, 5) is 23.1. The van der Waals surface area contributed by atoms with E-state index in [9.17, 15) is 14.7 Å². The molecule has 0 aliphatic heterocycles. The van der Waals surface area contributed by atoms with Crippen LogP contribution in [-0.2, 0) is 0 Å². The maximum absolute atomic E-state index is 10.9. The summed E-state index contributed by atoms with van der Waals surface area (Å²) in [5.41, 5.74) is -0.159. The van der Waals surface area contributed by atoms with Crippen LogP contribution in [0.15, 0.2) is 52.3 Å². The second kappa shape index (κ2) is 5.58. The molecule has 19 heavy (non-hydrogen) atoms. The first-order valence-corrected chi connectivity index (χ1v) is 6.22. The van der Waals surface area contributed by atoms with Crippen LogP contribution in [0.3, 0.4) is 0 Å². The molecule has 0 fully saturated rings. The van der Waals surface area contributed by atoms with Crippen LogP contribution in [0.25, 0.3) is 0 Å². The van der Waals surface area contributed by atoms with Gasteiger partial charge in [0.2, 0.25) is 0 Å². The van der Waals surface area contributed by atoms with Gasteiger partial charge >= 0.3 is 5.97 Å². The molecule has 0 heterocycles. The van der Waals surface area contributed by atoms with Crippen LogP contribution in [0, 0.1) is 0 Å². The minimum atomic E-state index is -1.24. The number of phenolic OH excluding ortho intramolecular Hbond substituents is 1. The van der Waals surface area contributed by atoms with E-state index in [0.717, 1.165) is 11.0 Å². The van der Waals surface area contributed by atoms with Crippen molar-refractivity contribution in [2.45, 2.75) is 9.79 Å². The van der Waals surface area contributed by atoms with E-state index in [1.54, 1.807) is 0 Å². The van der Waals surface area contributed by atoms with E-state index in [1.807, 2.05) is 30.3 Å². The molecular formula is C14H10O4S. The number of aromatic hydroxyl groups is 1. The first-order valence-electron chi connectivity index (χ1n) is 5.40. The first kappa shape index (κ1) is 13.2. The highest BCUT2D eigenvalue weighted by Crippen LogP contribution is 2.35. The Bertz CT molecular complexity index is 623. The normalized spacial score (nSPS) is 10.1. The van der Waals surface area contributed by atoms with Gasteiger partial charge in [0.05, 0.1) is 10.5 Å². The number of carbonyl (C=O) groups is 2. The highest BCUT2D eigenvalue weighted by molar-refractivity contribution is 7.99. The Labute approximate surface area is 113 Å². The van der Waals surface area contributed by atoms with Crippen LogP contribution in [-0.4, -0.2) is 22.5 Å². The second-order valence-corrected chi connectivity index (χ2v) is 4.86. The Morgan fingerprint density at radius 1 is 1.16 bits per heavy atom. The molecule has 0 saturated heterocycles. The number of aldehydes is 1. The third kappa shape index (κ3) is 2.95. The van der Waals surface area contributed by atoms with Gasteiger partial charge in [0.15, 0.2) is 6.29 Å². The van der Waals surface area contributed by atoms with E-state index >= 15 is 0 Å². The molecule has 2 aromatic carbocycles. The Morgan fingerprint density at radius 2 is 1.84 bits per heavy atom. The van der Waals surface area contributed by atoms with Crippen LogP contribution >= 0.6 is 11.8 Å². The smallest absolute Gasteiger partial charge is 0.336 e. The van der Waals surface area contributed by atoms with Crippen molar-refractivity contribution in [3.05, 3.63) is 53.6 Å². The summed E-state index contributed by atoms with van der Waals surface area (Å²) >= 11 is 1.26. The average molecular weight is 274 g/mol. The van der Waals surface area contributed by atoms with Crippen LogP contribution in [0.5, 0.6) is 5.75 Å². The second-order valence-electron chi connectivity index (χ2n) is 3.75. The molecule has 0 saturated carbocycles. The van der Waals surface area contributed by atoms with Crippen molar-refractivity contribution in [3.63, 3.8) is 0 Å². The zero-order chi connectivity index (χ0) is 13.8. The van der Waals surface area contributed by atoms with Crippen LogP contribution < -0.4 is 0 Å². The molecule has 0 atom stereocenters. The van der Waals surface area contributed by atoms with Crippen molar-refractivity contribution in [3.8, 4) is 5.75 Å². The minimum Gasteiger partial charge on any atom is -0.507 e. The van der Waals surface area contributed by atoms with Crippen molar-refractivity contribution >= 4 is 24.0 Å². The molecule has 2 rings (SSSR count). The summed E-state index contributed by atoms with van der Waals surface area (Å²) in [7, 11) is 0. The summed E-state index contributed by atoms with van der Waals surface area (Å²) in [5, 5.41) is 18.7. The lowest BCUT2D eigenvalue weighted by molar-refractivity contribution is 0.0693. The minimum absolute atomic E-state index is 0.0451. The Morgan fingerprint density at radius 3 is 2.42 bits per heavy atom. The maximum atomic E-state index is 10.9. The van der Waals surface area contributed by atoms with Gasteiger partial charge in [0.1, 0.15) is 5.75 Å². The van der Waals surface area contributed by atoms with Crippen LogP contribution in [0.2, 0.25) is 0 Å². The molecule has 2 N–H and O–H groups in total. The summed E-state index contributed by atoms with van der Waals surface area (Å²) in [5.74, 6) is -1.40. The van der Waals surface area contributed by atoms with Crippen LogP contribution in [0.4, 0.5) is 0 Å². The molecule has 96 valence electrons. The number of carbonyl (C=O) groups excluding carboxylic acids is 1. The molecule has 0 aromatic heterocycles. The van der Waals surface area contributed by atoms with Gasteiger partial charge in [0, 0.05) is 10.5 Å². The van der Waals surface area contributed by atoms with Gasteiger partial charge < -0.3 is 10.2 Å². The van der Waals surface area contributed by atoms with Gasteiger partial charge in [-0.1, -0.05) is 30.0 Å². The Balaban J connectivity index is 2.42. The number of carboxylic acid groups (broad SMARTS) is 1. The highest BCUT2D eigenvalue weighted by Gasteiger charge is 2.14. The summed E-state index contributed by atoms with van der Waals surface area (Å²) in [6.07, 6.45) is 0.470. The zero-order valence-electron chi connectivity index (χ0n) is 9.74. The fourth-order valence-electron chi connectivity index (χ4n) is 1.56. The molecule has 0 spiro atoms. The number of phenols is 1. The first-order chi connectivity index (χ1) is 9.11. The van der Waals surface area contributed by atoms with Gasteiger partial charge in [-0.15, -0.1) is 0 Å². The molecule has 0 aliphatic rings. The average Bonchev–Trinajstić information content (AvgIpc) is 2.41. The number of hydrogen-bond donors (Lipinski definition) is 2. The van der Waals surface area contributed by atoms with Crippen LogP contribution in [0.1, 0.15) is 20.7 Å². The molecule has 5 heteroatoms. The van der Waals surface area contributed by atoms with E-state index in [4.69, 9.17) is 5.11 Å². The van der Waals surface area contributed by atoms with E-state index in [0.29, 0.717) is 11.2 Å². The van der Waals surface area contributed by atoms with Gasteiger partial charge in [-0.05, 0) is 24.3 Å². The van der Waals surface area contributed by atoms with Crippen molar-refractivity contribution < 1.29 is 19.8 Å². The molecular weight excluding hydrogens is 264 g/mol. The lowest BCUT2D eigenvalue weighted by atomic mass is 10.1. The number of aromatic carboxylic acids is 1. The Hall–Kier alpha value is -2.27. The monoisotopic (exact) mass is 274 g/mol. The third-order valence-corrected chi connectivity index (χ3v) is 3.51. The van der Waals surface area contributed by atoms with Gasteiger partial charge in [-0.2, -0.15) is 0 Å². The van der Waals surface area contributed by atoms with Crippen molar-refractivity contribution in [2.24, 2.45) is 0 Å². The number of hydrogen-bond acceptors (Lipinski definition) is 4. The number of benzene rings is 2. The predicted octanol–water partition coefficient (Wildman–Crippen LogP) is 3.05. The molecule has 0 amide bonds. The van der Waals surface area contributed by atoms with E-state index in [-0.39, 0.29) is 16.9 Å². The topological polar surface area (TPSA) is 74.6 Å². The third-order valence-electron chi connectivity index (χ3n) is 2.46. The standard InChI is InChI=1S/C14H10O4S/c15-8-9-6-13(12(16)7-11(9)14(17)18)19-10-4-2-1-3-5-10/h1-8,16H,(H,17,18). The van der Waals surface area contributed by atoms with E-state index < -0.39 is 5.97 Å². The molecule has 0 radical (unpaired) electrons. The number of rotatable bonds is 4. The molecule has 0 aliphatic carbocycles. The fourth-order valence-corrected chi connectivity index (χ4v) is 2.46. The summed E-state index contributed by atoms with van der Waals surface area (Å²) in [6.45, 7) is 0. The van der Waals surface area contributed by atoms with Gasteiger partial charge in [-0.25, -0.2) is 4.79 Å². The lowest BCUT2D eigenvalue weighted by Crippen LogP contribution is -2.02. The molecule has 0 unspecified atom stereocenters. The highest BCUT2D eigenvalue weighted by atomic mass is 32.2. The fraction of sp³-hybridized carbons (Fsp3) is 0. The molecule has 4 nitrogen and oxygen atoms in total. The van der Waals surface area contributed by atoms with E-state index in [2.05, 4.69) is 0 Å². The summed E-state index contributed by atoms with van der Waals surface area (Å²) in [6, 6.07) is 11.8. The van der Waals surface area contributed by atoms with Gasteiger partial charge in [0.25, 0.3) is 0 Å². The lowest BCUT2D eigenvalue weighted by Gasteiger charge is -2.07. The largest absolute Gasteiger partial charge is 0.507 e. The van der Waals surface area contributed by atoms with Crippen molar-refractivity contribution in [1.82, 2.24) is 0 Å². The number of carboxylic acids is 1.